The van der Waals surface area contributed by atoms with Crippen molar-refractivity contribution in [1.82, 2.24) is 30.4 Å². The molecule has 4 rings (SSSR count). The molecule has 28 heavy (non-hydrogen) atoms. The van der Waals surface area contributed by atoms with E-state index in [1.807, 2.05) is 0 Å². The van der Waals surface area contributed by atoms with Gasteiger partial charge < -0.3 is 5.11 Å². The fourth-order valence-corrected chi connectivity index (χ4v) is 3.03. The molecule has 4 aromatic rings. The number of hydrogen-bond donors (Lipinski definition) is 2. The number of para-hydroxylation sites is 1. The second kappa shape index (κ2) is 7.20. The van der Waals surface area contributed by atoms with Gasteiger partial charge in [0.05, 0.1) is 5.69 Å². The molecule has 140 valence electrons. The number of aromatic carboxylic acids is 1. The first-order valence-corrected chi connectivity index (χ1v) is 8.50. The summed E-state index contributed by atoms with van der Waals surface area (Å²) in [7, 11) is 0. The molecule has 0 aliphatic carbocycles. The first-order valence-electron chi connectivity index (χ1n) is 8.13. The van der Waals surface area contributed by atoms with Gasteiger partial charge in [-0.05, 0) is 24.3 Å². The van der Waals surface area contributed by atoms with Gasteiger partial charge in [-0.1, -0.05) is 41.1 Å². The number of H-pyrrole nitrogens is 1. The van der Waals surface area contributed by atoms with E-state index < -0.39 is 11.8 Å². The Morgan fingerprint density at radius 3 is 2.57 bits per heavy atom. The molecule has 0 unspecified atom stereocenters. The molecule has 0 saturated carbocycles. The molecule has 8 nitrogen and oxygen atoms in total. The Morgan fingerprint density at radius 1 is 1.18 bits per heavy atom. The lowest BCUT2D eigenvalue weighted by Crippen LogP contribution is -2.04. The van der Waals surface area contributed by atoms with Gasteiger partial charge in [-0.15, -0.1) is 10.2 Å². The number of carboxylic acids is 1. The minimum Gasteiger partial charge on any atom is -0.476 e. The quantitative estimate of drug-likeness (QED) is 0.534. The molecule has 0 aliphatic heterocycles. The molecule has 0 radical (unpaired) electrons. The topological polar surface area (TPSA) is 110 Å². The number of benzene rings is 2. The minimum absolute atomic E-state index is 0.0462. The van der Waals surface area contributed by atoms with Gasteiger partial charge in [-0.3, -0.25) is 0 Å². The number of aromatic nitrogens is 6. The maximum Gasteiger partial charge on any atom is 0.356 e. The lowest BCUT2D eigenvalue weighted by Gasteiger charge is -2.10. The van der Waals surface area contributed by atoms with Crippen LogP contribution in [0.4, 0.5) is 4.39 Å². The van der Waals surface area contributed by atoms with Crippen LogP contribution >= 0.6 is 11.6 Å². The van der Waals surface area contributed by atoms with Gasteiger partial charge in [0.15, 0.2) is 11.5 Å². The molecule has 0 atom stereocenters. The van der Waals surface area contributed by atoms with E-state index >= 15 is 0 Å². The third kappa shape index (κ3) is 3.23. The zero-order chi connectivity index (χ0) is 19.7. The predicted molar refractivity (Wildman–Crippen MR) is 97.9 cm³/mol. The summed E-state index contributed by atoms with van der Waals surface area (Å²) in [6.07, 6.45) is 0.0462. The number of hydrogen-bond acceptors (Lipinski definition) is 5. The molecular weight excluding hydrogens is 387 g/mol. The Kier molecular flexibility index (Phi) is 4.58. The molecule has 0 amide bonds. The van der Waals surface area contributed by atoms with Crippen molar-refractivity contribution >= 4 is 17.6 Å². The standard InChI is InChI=1S/C18H12ClFN6O2/c19-11-7-5-10(6-8-11)17-12(9-15-21-24-25-22-15)16(18(27)28)23-26(17)14-4-2-1-3-13(14)20/h1-8H,9H2,(H,27,28)(H,21,22,24,25). The van der Waals surface area contributed by atoms with E-state index in [1.165, 1.54) is 16.8 Å². The van der Waals surface area contributed by atoms with E-state index in [0.717, 1.165) is 0 Å². The van der Waals surface area contributed by atoms with Gasteiger partial charge in [0.1, 0.15) is 11.5 Å². The van der Waals surface area contributed by atoms with Crippen LogP contribution in [0.15, 0.2) is 48.5 Å². The monoisotopic (exact) mass is 398 g/mol. The number of tetrazole rings is 1. The number of carboxylic acid groups (broad SMARTS) is 1. The van der Waals surface area contributed by atoms with Gasteiger partial charge in [0.25, 0.3) is 0 Å². The maximum atomic E-state index is 14.5. The smallest absolute Gasteiger partial charge is 0.356 e. The number of halogens is 2. The van der Waals surface area contributed by atoms with Crippen LogP contribution in [-0.4, -0.2) is 41.5 Å². The number of carbonyl (C=O) groups is 1. The van der Waals surface area contributed by atoms with E-state index in [0.29, 0.717) is 21.8 Å². The summed E-state index contributed by atoms with van der Waals surface area (Å²) in [5.74, 6) is -1.50. The van der Waals surface area contributed by atoms with Crippen molar-refractivity contribution in [3.8, 4) is 16.9 Å². The normalized spacial score (nSPS) is 10.9. The van der Waals surface area contributed by atoms with Crippen molar-refractivity contribution in [2.45, 2.75) is 6.42 Å². The van der Waals surface area contributed by atoms with E-state index in [-0.39, 0.29) is 23.6 Å². The molecule has 0 aliphatic rings. The Labute approximate surface area is 162 Å². The summed E-state index contributed by atoms with van der Waals surface area (Å²) in [4.78, 5) is 11.9. The summed E-state index contributed by atoms with van der Waals surface area (Å²) in [6, 6.07) is 12.7. The highest BCUT2D eigenvalue weighted by Crippen LogP contribution is 2.32. The Balaban J connectivity index is 2.01. The first kappa shape index (κ1) is 17.8. The molecule has 10 heteroatoms. The largest absolute Gasteiger partial charge is 0.476 e. The van der Waals surface area contributed by atoms with Crippen molar-refractivity contribution in [2.75, 3.05) is 0 Å². The van der Waals surface area contributed by atoms with Crippen LogP contribution in [0.5, 0.6) is 0 Å². The summed E-state index contributed by atoms with van der Waals surface area (Å²) < 4.78 is 15.8. The minimum atomic E-state index is -1.25. The second-order valence-electron chi connectivity index (χ2n) is 5.86. The lowest BCUT2D eigenvalue weighted by molar-refractivity contribution is 0.0689. The van der Waals surface area contributed by atoms with Crippen LogP contribution in [0.2, 0.25) is 5.02 Å². The Morgan fingerprint density at radius 2 is 1.93 bits per heavy atom. The highest BCUT2D eigenvalue weighted by molar-refractivity contribution is 6.30. The Bertz CT molecular complexity index is 1140. The third-order valence-electron chi connectivity index (χ3n) is 4.11. The van der Waals surface area contributed by atoms with Crippen molar-refractivity contribution in [3.63, 3.8) is 0 Å². The maximum absolute atomic E-state index is 14.5. The summed E-state index contributed by atoms with van der Waals surface area (Å²) >= 11 is 5.98. The molecule has 2 aromatic carbocycles. The van der Waals surface area contributed by atoms with Gasteiger partial charge >= 0.3 is 5.97 Å². The van der Waals surface area contributed by atoms with Crippen LogP contribution in [0.25, 0.3) is 16.9 Å². The number of aromatic amines is 1. The van der Waals surface area contributed by atoms with E-state index in [4.69, 9.17) is 11.6 Å². The highest BCUT2D eigenvalue weighted by atomic mass is 35.5. The number of nitrogens with one attached hydrogen (secondary N) is 1. The van der Waals surface area contributed by atoms with Crippen LogP contribution < -0.4 is 0 Å². The summed E-state index contributed by atoms with van der Waals surface area (Å²) in [5, 5.41) is 28.0. The first-order chi connectivity index (χ1) is 13.5. The molecule has 0 bridgehead atoms. The van der Waals surface area contributed by atoms with Crippen molar-refractivity contribution in [2.24, 2.45) is 0 Å². The zero-order valence-corrected chi connectivity index (χ0v) is 14.9. The number of nitrogens with zero attached hydrogens (tertiary/aromatic N) is 5. The average molecular weight is 399 g/mol. The predicted octanol–water partition coefficient (Wildman–Crippen LogP) is 3.13. The third-order valence-corrected chi connectivity index (χ3v) is 4.36. The summed E-state index contributed by atoms with van der Waals surface area (Å²) in [6.45, 7) is 0. The van der Waals surface area contributed by atoms with Crippen molar-refractivity contribution in [3.05, 3.63) is 76.5 Å². The second-order valence-corrected chi connectivity index (χ2v) is 6.29. The molecule has 2 N–H and O–H groups in total. The van der Waals surface area contributed by atoms with Crippen molar-refractivity contribution in [1.29, 1.82) is 0 Å². The molecule has 2 aromatic heterocycles. The van der Waals surface area contributed by atoms with Gasteiger partial charge in [0, 0.05) is 22.6 Å². The van der Waals surface area contributed by atoms with Crippen LogP contribution in [0.3, 0.4) is 0 Å². The molecular formula is C18H12ClFN6O2. The van der Waals surface area contributed by atoms with Crippen molar-refractivity contribution < 1.29 is 14.3 Å². The highest BCUT2D eigenvalue weighted by Gasteiger charge is 2.26. The molecule has 0 fully saturated rings. The molecule has 0 saturated heterocycles. The zero-order valence-electron chi connectivity index (χ0n) is 14.2. The van der Waals surface area contributed by atoms with E-state index in [9.17, 15) is 14.3 Å². The van der Waals surface area contributed by atoms with Crippen LogP contribution in [0, 0.1) is 5.82 Å². The van der Waals surface area contributed by atoms with E-state index in [1.54, 1.807) is 36.4 Å². The summed E-state index contributed by atoms with van der Waals surface area (Å²) in [5.41, 5.74) is 1.25. The van der Waals surface area contributed by atoms with Gasteiger partial charge in [-0.25, -0.2) is 13.9 Å². The molecule has 0 spiro atoms. The van der Waals surface area contributed by atoms with Crippen LogP contribution in [0.1, 0.15) is 21.9 Å². The average Bonchev–Trinajstić information content (AvgIpc) is 3.31. The fourth-order valence-electron chi connectivity index (χ4n) is 2.91. The fraction of sp³-hybridized carbons (Fsp3) is 0.0556. The van der Waals surface area contributed by atoms with E-state index in [2.05, 4.69) is 25.7 Å². The Hall–Kier alpha value is -3.59. The van der Waals surface area contributed by atoms with Gasteiger partial charge in [-0.2, -0.15) is 10.3 Å². The van der Waals surface area contributed by atoms with Gasteiger partial charge in [0.2, 0.25) is 0 Å². The number of rotatable bonds is 5. The lowest BCUT2D eigenvalue weighted by atomic mass is 10.0. The molecule has 2 heterocycles. The van der Waals surface area contributed by atoms with Crippen LogP contribution in [-0.2, 0) is 6.42 Å². The SMILES string of the molecule is O=C(O)c1nn(-c2ccccc2F)c(-c2ccc(Cl)cc2)c1Cc1nn[nH]n1.